The molecule has 1 aliphatic rings. The third kappa shape index (κ3) is 3.51. The monoisotopic (exact) mass is 354 g/mol. The number of allylic oxidation sites excluding steroid dienone is 2. The Morgan fingerprint density at radius 3 is 2.54 bits per heavy atom. The number of benzene rings is 1. The molecule has 1 aromatic heterocycles. The zero-order valence-electron chi connectivity index (χ0n) is 14.9. The molecule has 1 aliphatic carbocycles. The number of rotatable bonds is 3. The molecule has 7 heteroatoms. The van der Waals surface area contributed by atoms with Gasteiger partial charge in [0.15, 0.2) is 5.69 Å². The lowest BCUT2D eigenvalue weighted by atomic mass is 9.94. The second-order valence-electron chi connectivity index (χ2n) is 6.66. The number of carbonyl (C=O) groups is 2. The van der Waals surface area contributed by atoms with Gasteiger partial charge in [0.1, 0.15) is 0 Å². The molecule has 2 N–H and O–H groups in total. The number of fused-ring (bicyclic) bond motifs is 1. The van der Waals surface area contributed by atoms with E-state index in [1.54, 1.807) is 24.3 Å². The van der Waals surface area contributed by atoms with E-state index in [0.717, 1.165) is 12.8 Å². The zero-order valence-corrected chi connectivity index (χ0v) is 14.9. The molecule has 2 aromatic rings. The van der Waals surface area contributed by atoms with Gasteiger partial charge in [-0.25, -0.2) is 4.68 Å². The molecule has 0 saturated carbocycles. The first-order valence-corrected chi connectivity index (χ1v) is 8.75. The molecule has 0 radical (unpaired) electrons. The third-order valence-corrected chi connectivity index (χ3v) is 4.47. The minimum absolute atomic E-state index is 0.109. The Bertz CT molecular complexity index is 930. The van der Waals surface area contributed by atoms with Crippen LogP contribution in [-0.2, 0) is 4.79 Å². The molecular weight excluding hydrogens is 332 g/mol. The second kappa shape index (κ2) is 7.51. The number of carbonyl (C=O) groups excluding carboxylic acids is 2. The zero-order chi connectivity index (χ0) is 18.7. The largest absolute Gasteiger partial charge is 0.290 e. The Morgan fingerprint density at radius 1 is 1.15 bits per heavy atom. The topological polar surface area (TPSA) is 93.1 Å². The summed E-state index contributed by atoms with van der Waals surface area (Å²) >= 11 is 0. The van der Waals surface area contributed by atoms with Crippen molar-refractivity contribution in [3.05, 3.63) is 52.5 Å². The second-order valence-corrected chi connectivity index (χ2v) is 6.66. The van der Waals surface area contributed by atoms with Crippen molar-refractivity contribution in [2.75, 3.05) is 0 Å². The van der Waals surface area contributed by atoms with Crippen molar-refractivity contribution in [2.45, 2.75) is 39.2 Å². The van der Waals surface area contributed by atoms with E-state index in [1.807, 2.05) is 26.0 Å². The van der Waals surface area contributed by atoms with E-state index in [4.69, 9.17) is 0 Å². The molecule has 26 heavy (non-hydrogen) atoms. The molecule has 136 valence electrons. The van der Waals surface area contributed by atoms with E-state index in [0.29, 0.717) is 17.2 Å². The summed E-state index contributed by atoms with van der Waals surface area (Å²) < 4.78 is 1.28. The summed E-state index contributed by atoms with van der Waals surface area (Å²) in [5.74, 6) is -0.908. The molecule has 1 unspecified atom stereocenters. The van der Waals surface area contributed by atoms with Gasteiger partial charge in [0, 0.05) is 11.3 Å². The number of hydrazine groups is 1. The predicted octanol–water partition coefficient (Wildman–Crippen LogP) is 2.09. The summed E-state index contributed by atoms with van der Waals surface area (Å²) in [5, 5.41) is 5.10. The highest BCUT2D eigenvalue weighted by Crippen LogP contribution is 2.18. The normalized spacial score (nSPS) is 16.7. The average molecular weight is 354 g/mol. The SMILES string of the molecule is CC(C)n1nc(C(=O)NNC(=O)C2CC=CCC2)c2ccccc2c1=O. The van der Waals surface area contributed by atoms with Crippen LogP contribution in [0.3, 0.4) is 0 Å². The lowest BCUT2D eigenvalue weighted by Crippen LogP contribution is -2.45. The lowest BCUT2D eigenvalue weighted by molar-refractivity contribution is -0.126. The standard InChI is InChI=1S/C19H22N4O3/c1-12(2)23-19(26)15-11-7-6-10-14(15)16(22-23)18(25)21-20-17(24)13-8-4-3-5-9-13/h3-4,6-7,10-13H,5,8-9H2,1-2H3,(H,20,24)(H,21,25). The molecule has 0 aliphatic heterocycles. The molecular formula is C19H22N4O3. The Balaban J connectivity index is 1.86. The first-order chi connectivity index (χ1) is 12.5. The van der Waals surface area contributed by atoms with Crippen LogP contribution in [-0.4, -0.2) is 21.6 Å². The maximum atomic E-state index is 12.6. The van der Waals surface area contributed by atoms with E-state index < -0.39 is 5.91 Å². The minimum atomic E-state index is -0.546. The quantitative estimate of drug-likeness (QED) is 0.652. The Morgan fingerprint density at radius 2 is 1.88 bits per heavy atom. The van der Waals surface area contributed by atoms with Gasteiger partial charge in [-0.05, 0) is 39.2 Å². The Kier molecular flexibility index (Phi) is 5.16. The van der Waals surface area contributed by atoms with Gasteiger partial charge in [-0.3, -0.25) is 25.2 Å². The number of hydrogen-bond donors (Lipinski definition) is 2. The predicted molar refractivity (Wildman–Crippen MR) is 98.5 cm³/mol. The number of aromatic nitrogens is 2. The highest BCUT2D eigenvalue weighted by molar-refractivity contribution is 6.05. The van der Waals surface area contributed by atoms with Crippen LogP contribution in [0.4, 0.5) is 0 Å². The van der Waals surface area contributed by atoms with E-state index in [2.05, 4.69) is 16.0 Å². The fourth-order valence-electron chi connectivity index (χ4n) is 3.04. The summed E-state index contributed by atoms with van der Waals surface area (Å²) in [6, 6.07) is 6.64. The van der Waals surface area contributed by atoms with Crippen molar-refractivity contribution in [1.82, 2.24) is 20.6 Å². The Labute approximate surface area is 151 Å². The van der Waals surface area contributed by atoms with Crippen LogP contribution < -0.4 is 16.4 Å². The van der Waals surface area contributed by atoms with E-state index in [-0.39, 0.29) is 29.1 Å². The molecule has 0 bridgehead atoms. The number of hydrogen-bond acceptors (Lipinski definition) is 4. The van der Waals surface area contributed by atoms with Crippen molar-refractivity contribution in [2.24, 2.45) is 5.92 Å². The highest BCUT2D eigenvalue weighted by atomic mass is 16.2. The first-order valence-electron chi connectivity index (χ1n) is 8.75. The van der Waals surface area contributed by atoms with E-state index in [1.165, 1.54) is 4.68 Å². The van der Waals surface area contributed by atoms with Gasteiger partial charge in [-0.1, -0.05) is 30.4 Å². The molecule has 3 rings (SSSR count). The fourth-order valence-corrected chi connectivity index (χ4v) is 3.04. The van der Waals surface area contributed by atoms with Crippen molar-refractivity contribution in [1.29, 1.82) is 0 Å². The summed E-state index contributed by atoms with van der Waals surface area (Å²) in [6.07, 6.45) is 6.31. The maximum Gasteiger partial charge on any atom is 0.290 e. The van der Waals surface area contributed by atoms with Gasteiger partial charge >= 0.3 is 0 Å². The van der Waals surface area contributed by atoms with E-state index in [9.17, 15) is 14.4 Å². The van der Waals surface area contributed by atoms with Crippen molar-refractivity contribution < 1.29 is 9.59 Å². The van der Waals surface area contributed by atoms with Crippen molar-refractivity contribution >= 4 is 22.6 Å². The van der Waals surface area contributed by atoms with Gasteiger partial charge in [-0.2, -0.15) is 5.10 Å². The van der Waals surface area contributed by atoms with Crippen LogP contribution in [0.15, 0.2) is 41.2 Å². The molecule has 2 amide bonds. The van der Waals surface area contributed by atoms with Crippen LogP contribution in [0, 0.1) is 5.92 Å². The van der Waals surface area contributed by atoms with Gasteiger partial charge < -0.3 is 0 Å². The van der Waals surface area contributed by atoms with Gasteiger partial charge in [0.2, 0.25) is 5.91 Å². The fraction of sp³-hybridized carbons (Fsp3) is 0.368. The van der Waals surface area contributed by atoms with Crippen LogP contribution in [0.2, 0.25) is 0 Å². The van der Waals surface area contributed by atoms with Gasteiger partial charge in [0.25, 0.3) is 11.5 Å². The number of amides is 2. The summed E-state index contributed by atoms with van der Waals surface area (Å²) in [6.45, 7) is 3.65. The highest BCUT2D eigenvalue weighted by Gasteiger charge is 2.21. The molecule has 0 fully saturated rings. The molecule has 1 atom stereocenters. The smallest absolute Gasteiger partial charge is 0.273 e. The minimum Gasteiger partial charge on any atom is -0.273 e. The van der Waals surface area contributed by atoms with Crippen LogP contribution in [0.1, 0.15) is 49.6 Å². The molecule has 0 spiro atoms. The van der Waals surface area contributed by atoms with Gasteiger partial charge in [0.05, 0.1) is 11.4 Å². The van der Waals surface area contributed by atoms with Crippen LogP contribution >= 0.6 is 0 Å². The number of nitrogens with one attached hydrogen (secondary N) is 2. The van der Waals surface area contributed by atoms with Gasteiger partial charge in [-0.15, -0.1) is 0 Å². The first kappa shape index (κ1) is 17.8. The maximum absolute atomic E-state index is 12.6. The molecule has 7 nitrogen and oxygen atoms in total. The Hall–Kier alpha value is -2.96. The van der Waals surface area contributed by atoms with E-state index >= 15 is 0 Å². The molecule has 1 heterocycles. The number of nitrogens with zero attached hydrogens (tertiary/aromatic N) is 2. The molecule has 0 saturated heterocycles. The third-order valence-electron chi connectivity index (χ3n) is 4.47. The molecule has 1 aromatic carbocycles. The summed E-state index contributed by atoms with van der Waals surface area (Å²) in [5.41, 5.74) is 4.78. The summed E-state index contributed by atoms with van der Waals surface area (Å²) in [4.78, 5) is 37.3. The van der Waals surface area contributed by atoms with Crippen LogP contribution in [0.25, 0.3) is 10.8 Å². The lowest BCUT2D eigenvalue weighted by Gasteiger charge is -2.18. The average Bonchev–Trinajstić information content (AvgIpc) is 2.66. The van der Waals surface area contributed by atoms with Crippen molar-refractivity contribution in [3.8, 4) is 0 Å². The van der Waals surface area contributed by atoms with Crippen LogP contribution in [0.5, 0.6) is 0 Å². The van der Waals surface area contributed by atoms with Crippen molar-refractivity contribution in [3.63, 3.8) is 0 Å². The summed E-state index contributed by atoms with van der Waals surface area (Å²) in [7, 11) is 0.